The van der Waals surface area contributed by atoms with Crippen molar-refractivity contribution in [1.29, 1.82) is 0 Å². The summed E-state index contributed by atoms with van der Waals surface area (Å²) in [7, 11) is 1.25. The largest absolute Gasteiger partial charge is 0.465 e. The van der Waals surface area contributed by atoms with Crippen molar-refractivity contribution in [3.63, 3.8) is 0 Å². The number of para-hydroxylation sites is 1. The first-order valence-corrected chi connectivity index (χ1v) is 7.12. The lowest BCUT2D eigenvalue weighted by Gasteiger charge is -2.31. The zero-order chi connectivity index (χ0) is 16.3. The van der Waals surface area contributed by atoms with Gasteiger partial charge in [-0.05, 0) is 30.2 Å². The van der Waals surface area contributed by atoms with E-state index in [1.165, 1.54) is 7.11 Å². The summed E-state index contributed by atoms with van der Waals surface area (Å²) in [4.78, 5) is 24.6. The van der Waals surface area contributed by atoms with E-state index in [9.17, 15) is 9.59 Å². The molecule has 0 amide bonds. The topological polar surface area (TPSA) is 52.6 Å². The number of ether oxygens (including phenoxy) is 2. The average Bonchev–Trinajstić information content (AvgIpc) is 2.60. The monoisotopic (exact) mass is 306 g/mol. The minimum absolute atomic E-state index is 0.170. The number of fused-ring (bicyclic) bond motifs is 1. The third kappa shape index (κ3) is 2.82. The third-order valence-corrected chi connectivity index (χ3v) is 3.58. The minimum Gasteiger partial charge on any atom is -0.465 e. The molecule has 0 saturated carbocycles. The number of benzene rings is 2. The number of carbonyl (C=O) groups excluding carboxylic acids is 2. The second-order valence-electron chi connectivity index (χ2n) is 5.13. The van der Waals surface area contributed by atoms with Crippen LogP contribution in [-0.2, 0) is 9.53 Å². The molecule has 23 heavy (non-hydrogen) atoms. The Bertz CT molecular complexity index is 814. The lowest BCUT2D eigenvalue weighted by Crippen LogP contribution is -2.48. The van der Waals surface area contributed by atoms with Crippen LogP contribution in [0.4, 0.5) is 0 Å². The van der Waals surface area contributed by atoms with Crippen molar-refractivity contribution in [3.8, 4) is 17.6 Å². The Morgan fingerprint density at radius 2 is 1.83 bits per heavy atom. The van der Waals surface area contributed by atoms with Gasteiger partial charge in [0, 0.05) is 5.56 Å². The number of hydrogen-bond acceptors (Lipinski definition) is 4. The number of carbonyl (C=O) groups is 2. The molecule has 3 rings (SSSR count). The normalized spacial score (nSPS) is 18.9. The Balaban J connectivity index is 2.05. The number of methoxy groups -OCH3 is 1. The lowest BCUT2D eigenvalue weighted by molar-refractivity contribution is -0.154. The fraction of sp³-hybridized carbons (Fsp3) is 0.158. The zero-order valence-electron chi connectivity index (χ0n) is 12.5. The highest BCUT2D eigenvalue weighted by Gasteiger charge is 2.47. The van der Waals surface area contributed by atoms with E-state index < -0.39 is 11.6 Å². The Hall–Kier alpha value is -3.06. The maximum atomic E-state index is 12.4. The van der Waals surface area contributed by atoms with Crippen LogP contribution in [0.1, 0.15) is 22.3 Å². The molecule has 0 unspecified atom stereocenters. The molecule has 4 heteroatoms. The molecule has 114 valence electrons. The van der Waals surface area contributed by atoms with Crippen LogP contribution in [0, 0.1) is 11.8 Å². The highest BCUT2D eigenvalue weighted by molar-refractivity contribution is 6.05. The van der Waals surface area contributed by atoms with Gasteiger partial charge in [-0.1, -0.05) is 36.3 Å². The van der Waals surface area contributed by atoms with Crippen LogP contribution in [0.15, 0.2) is 54.6 Å². The summed E-state index contributed by atoms with van der Waals surface area (Å²) in [5, 5.41) is 0. The van der Waals surface area contributed by atoms with Crippen molar-refractivity contribution in [2.24, 2.45) is 0 Å². The smallest absolute Gasteiger partial charge is 0.363 e. The summed E-state index contributed by atoms with van der Waals surface area (Å²) in [6.07, 6.45) is -0.170. The number of Topliss-reactive ketones (excluding diaryl/α,β-unsaturated/α-hetero) is 1. The zero-order valence-corrected chi connectivity index (χ0v) is 12.5. The minimum atomic E-state index is -1.62. The molecule has 0 aliphatic carbocycles. The van der Waals surface area contributed by atoms with E-state index >= 15 is 0 Å². The van der Waals surface area contributed by atoms with E-state index in [2.05, 4.69) is 11.8 Å². The number of ketones is 1. The Kier molecular flexibility index (Phi) is 3.86. The molecule has 2 aromatic rings. The van der Waals surface area contributed by atoms with Gasteiger partial charge in [-0.3, -0.25) is 4.79 Å². The molecular weight excluding hydrogens is 292 g/mol. The first-order valence-electron chi connectivity index (χ1n) is 7.12. The highest BCUT2D eigenvalue weighted by Crippen LogP contribution is 2.33. The van der Waals surface area contributed by atoms with E-state index in [1.807, 2.05) is 30.3 Å². The Morgan fingerprint density at radius 1 is 1.13 bits per heavy atom. The molecule has 2 aromatic carbocycles. The number of hydrogen-bond donors (Lipinski definition) is 0. The second kappa shape index (κ2) is 5.98. The van der Waals surface area contributed by atoms with Crippen LogP contribution < -0.4 is 4.74 Å². The molecule has 1 heterocycles. The molecule has 0 spiro atoms. The molecule has 0 radical (unpaired) electrons. The summed E-state index contributed by atoms with van der Waals surface area (Å²) in [5.41, 5.74) is -0.435. The van der Waals surface area contributed by atoms with Crippen LogP contribution in [0.3, 0.4) is 0 Å². The molecule has 0 bridgehead atoms. The Morgan fingerprint density at radius 3 is 2.57 bits per heavy atom. The number of rotatable bonds is 1. The highest BCUT2D eigenvalue weighted by atomic mass is 16.6. The van der Waals surface area contributed by atoms with Crippen LogP contribution in [0.5, 0.6) is 5.75 Å². The van der Waals surface area contributed by atoms with Gasteiger partial charge in [0.15, 0.2) is 5.78 Å². The van der Waals surface area contributed by atoms with Crippen molar-refractivity contribution >= 4 is 11.8 Å². The summed E-state index contributed by atoms with van der Waals surface area (Å²) in [6, 6.07) is 16.0. The van der Waals surface area contributed by atoms with E-state index in [-0.39, 0.29) is 12.2 Å². The maximum absolute atomic E-state index is 12.4. The van der Waals surface area contributed by atoms with Gasteiger partial charge in [0.2, 0.25) is 0 Å². The van der Waals surface area contributed by atoms with Crippen molar-refractivity contribution in [1.82, 2.24) is 0 Å². The van der Waals surface area contributed by atoms with Crippen LogP contribution in [-0.4, -0.2) is 24.5 Å². The van der Waals surface area contributed by atoms with Gasteiger partial charge in [0.05, 0.1) is 19.1 Å². The lowest BCUT2D eigenvalue weighted by atomic mass is 9.90. The van der Waals surface area contributed by atoms with E-state index in [0.29, 0.717) is 11.3 Å². The van der Waals surface area contributed by atoms with Gasteiger partial charge < -0.3 is 9.47 Å². The second-order valence-corrected chi connectivity index (χ2v) is 5.13. The van der Waals surface area contributed by atoms with Gasteiger partial charge in [0.1, 0.15) is 5.75 Å². The summed E-state index contributed by atoms with van der Waals surface area (Å²) in [6.45, 7) is 0. The van der Waals surface area contributed by atoms with Gasteiger partial charge in [-0.25, -0.2) is 4.79 Å². The number of esters is 1. The summed E-state index contributed by atoms with van der Waals surface area (Å²) < 4.78 is 10.6. The molecular formula is C19H14O4. The van der Waals surface area contributed by atoms with E-state index in [0.717, 1.165) is 5.56 Å². The van der Waals surface area contributed by atoms with E-state index in [1.54, 1.807) is 24.3 Å². The first-order chi connectivity index (χ1) is 11.1. The molecule has 0 N–H and O–H groups in total. The standard InChI is InChI=1S/C19H14O4/c1-22-18(21)19(12-11-14-7-3-2-4-8-14)13-16(20)15-9-5-6-10-17(15)23-19/h2-10H,13H2,1H3/t19-/m1/s1. The van der Waals surface area contributed by atoms with Gasteiger partial charge >= 0.3 is 5.97 Å². The van der Waals surface area contributed by atoms with E-state index in [4.69, 9.17) is 9.47 Å². The summed E-state index contributed by atoms with van der Waals surface area (Å²) >= 11 is 0. The predicted octanol–water partition coefficient (Wildman–Crippen LogP) is 2.62. The molecule has 0 saturated heterocycles. The fourth-order valence-corrected chi connectivity index (χ4v) is 2.43. The Labute approximate surface area is 134 Å². The maximum Gasteiger partial charge on any atom is 0.363 e. The first kappa shape index (κ1) is 14.9. The van der Waals surface area contributed by atoms with Gasteiger partial charge in [-0.2, -0.15) is 0 Å². The van der Waals surface area contributed by atoms with Crippen LogP contribution in [0.2, 0.25) is 0 Å². The molecule has 1 atom stereocenters. The average molecular weight is 306 g/mol. The van der Waals surface area contributed by atoms with Crippen molar-refractivity contribution in [3.05, 3.63) is 65.7 Å². The van der Waals surface area contributed by atoms with Crippen molar-refractivity contribution in [2.75, 3.05) is 7.11 Å². The van der Waals surface area contributed by atoms with Crippen LogP contribution in [0.25, 0.3) is 0 Å². The molecule has 1 aliphatic rings. The molecule has 0 fully saturated rings. The quantitative estimate of drug-likeness (QED) is 0.600. The van der Waals surface area contributed by atoms with Crippen molar-refractivity contribution in [2.45, 2.75) is 12.0 Å². The third-order valence-electron chi connectivity index (χ3n) is 3.58. The molecule has 1 aliphatic heterocycles. The van der Waals surface area contributed by atoms with Crippen LogP contribution >= 0.6 is 0 Å². The SMILES string of the molecule is COC(=O)[C@@]1(C#Cc2ccccc2)CC(=O)c2ccccc2O1. The van der Waals surface area contributed by atoms with Gasteiger partial charge in [-0.15, -0.1) is 0 Å². The predicted molar refractivity (Wildman–Crippen MR) is 84.1 cm³/mol. The van der Waals surface area contributed by atoms with Crippen molar-refractivity contribution < 1.29 is 19.1 Å². The molecule has 0 aromatic heterocycles. The fourth-order valence-electron chi connectivity index (χ4n) is 2.43. The summed E-state index contributed by atoms with van der Waals surface area (Å²) in [5.74, 6) is 5.17. The van der Waals surface area contributed by atoms with Gasteiger partial charge in [0.25, 0.3) is 5.60 Å². The molecule has 4 nitrogen and oxygen atoms in total.